The first-order valence-electron chi connectivity index (χ1n) is 12.4. The van der Waals surface area contributed by atoms with Crippen LogP contribution in [-0.4, -0.2) is 45.5 Å². The predicted octanol–water partition coefficient (Wildman–Crippen LogP) is 5.02. The number of halogens is 2. The number of carbonyl (C=O) groups excluding carboxylic acids is 3. The molecule has 0 N–H and O–H groups in total. The van der Waals surface area contributed by atoms with Crippen LogP contribution >= 0.6 is 46.3 Å². The van der Waals surface area contributed by atoms with Gasteiger partial charge >= 0.3 is 4.87 Å². The van der Waals surface area contributed by atoms with E-state index in [1.54, 1.807) is 41.3 Å². The van der Waals surface area contributed by atoms with Crippen LogP contribution in [0.15, 0.2) is 58.4 Å². The van der Waals surface area contributed by atoms with Crippen molar-refractivity contribution in [3.63, 3.8) is 0 Å². The van der Waals surface area contributed by atoms with Crippen LogP contribution in [0.1, 0.15) is 35.6 Å². The van der Waals surface area contributed by atoms with E-state index in [1.165, 1.54) is 21.2 Å². The molecule has 196 valence electrons. The van der Waals surface area contributed by atoms with Gasteiger partial charge in [-0.1, -0.05) is 58.4 Å². The van der Waals surface area contributed by atoms with E-state index in [-0.39, 0.29) is 29.1 Å². The van der Waals surface area contributed by atoms with Crippen molar-refractivity contribution in [2.24, 2.45) is 5.92 Å². The molecule has 0 radical (unpaired) electrons. The zero-order valence-corrected chi connectivity index (χ0v) is 23.3. The maximum Gasteiger partial charge on any atom is 0.308 e. The molecule has 2 aromatic carbocycles. The van der Waals surface area contributed by atoms with Gasteiger partial charge in [0.25, 0.3) is 0 Å². The minimum atomic E-state index is -0.739. The second-order valence-corrected chi connectivity index (χ2v) is 12.6. The summed E-state index contributed by atoms with van der Waals surface area (Å²) in [5, 5.41) is 0.899. The lowest BCUT2D eigenvalue weighted by atomic mass is 9.83. The fourth-order valence-corrected chi connectivity index (χ4v) is 8.53. The van der Waals surface area contributed by atoms with Crippen molar-refractivity contribution in [1.29, 1.82) is 0 Å². The van der Waals surface area contributed by atoms with Crippen LogP contribution in [0.2, 0.25) is 10.0 Å². The number of benzene rings is 2. The summed E-state index contributed by atoms with van der Waals surface area (Å²) in [6.07, 6.45) is 3.01. The van der Waals surface area contributed by atoms with E-state index < -0.39 is 17.1 Å². The molecule has 3 aromatic rings. The highest BCUT2D eigenvalue weighted by atomic mass is 35.5. The lowest BCUT2D eigenvalue weighted by Gasteiger charge is -2.31. The number of nitrogens with zero attached hydrogens (tertiary/aromatic N) is 3. The minimum Gasteiger partial charge on any atom is -0.341 e. The average molecular weight is 589 g/mol. The van der Waals surface area contributed by atoms with Gasteiger partial charge in [-0.3, -0.25) is 23.7 Å². The molecule has 0 saturated carbocycles. The van der Waals surface area contributed by atoms with Crippen LogP contribution in [0.25, 0.3) is 0 Å². The van der Waals surface area contributed by atoms with Crippen LogP contribution in [0.5, 0.6) is 0 Å². The van der Waals surface area contributed by atoms with E-state index in [4.69, 9.17) is 23.2 Å². The number of anilines is 1. The standard InChI is InChI=1S/C27H23Cl2N3O4S2/c28-16-6-4-15(5-7-16)20-21-22(25(35)32(24(21)34)18-10-8-17(29)9-11-18)37-26-23(20)38-27(36)31(26)14-19(33)30-12-2-1-3-13-30/h4-11,20-22H,1-3,12-14H2/t20-,21+,22-/m0/s1. The number of thioether (sulfide) groups is 1. The Morgan fingerprint density at radius 2 is 1.50 bits per heavy atom. The van der Waals surface area contributed by atoms with Crippen molar-refractivity contribution in [1.82, 2.24) is 9.47 Å². The number of imide groups is 1. The molecule has 1 aromatic heterocycles. The largest absolute Gasteiger partial charge is 0.341 e. The molecule has 3 aliphatic heterocycles. The Labute approximate surface area is 237 Å². The lowest BCUT2D eigenvalue weighted by Crippen LogP contribution is -2.39. The van der Waals surface area contributed by atoms with E-state index in [0.29, 0.717) is 38.7 Å². The number of aromatic nitrogens is 1. The van der Waals surface area contributed by atoms with Crippen molar-refractivity contribution >= 4 is 69.7 Å². The molecule has 3 aliphatic rings. The number of carbonyl (C=O) groups is 3. The third-order valence-electron chi connectivity index (χ3n) is 7.37. The van der Waals surface area contributed by atoms with E-state index in [2.05, 4.69) is 0 Å². The summed E-state index contributed by atoms with van der Waals surface area (Å²) < 4.78 is 1.49. The zero-order valence-electron chi connectivity index (χ0n) is 20.1. The first-order valence-corrected chi connectivity index (χ1v) is 14.9. The third kappa shape index (κ3) is 4.39. The molecule has 0 bridgehead atoms. The molecule has 2 saturated heterocycles. The lowest BCUT2D eigenvalue weighted by molar-refractivity contribution is -0.133. The number of fused-ring (bicyclic) bond motifs is 2. The zero-order chi connectivity index (χ0) is 26.6. The summed E-state index contributed by atoms with van der Waals surface area (Å²) in [7, 11) is 0. The van der Waals surface area contributed by atoms with E-state index >= 15 is 0 Å². The summed E-state index contributed by atoms with van der Waals surface area (Å²) in [5.41, 5.74) is 1.25. The second kappa shape index (κ2) is 10.2. The van der Waals surface area contributed by atoms with Gasteiger partial charge in [0.2, 0.25) is 17.7 Å². The number of hydrogen-bond donors (Lipinski definition) is 0. The number of hydrogen-bond acceptors (Lipinski definition) is 6. The summed E-state index contributed by atoms with van der Waals surface area (Å²) >= 11 is 14.5. The first-order chi connectivity index (χ1) is 18.3. The molecule has 6 rings (SSSR count). The van der Waals surface area contributed by atoms with Gasteiger partial charge in [0.1, 0.15) is 11.8 Å². The van der Waals surface area contributed by atoms with Gasteiger partial charge in [0.15, 0.2) is 0 Å². The Bertz CT molecular complexity index is 1480. The van der Waals surface area contributed by atoms with Crippen molar-refractivity contribution in [3.05, 3.63) is 78.7 Å². The smallest absolute Gasteiger partial charge is 0.308 e. The Morgan fingerprint density at radius 1 is 0.868 bits per heavy atom. The Kier molecular flexibility index (Phi) is 6.88. The van der Waals surface area contributed by atoms with Crippen LogP contribution in [0.4, 0.5) is 5.69 Å². The van der Waals surface area contributed by atoms with Crippen molar-refractivity contribution in [2.75, 3.05) is 18.0 Å². The van der Waals surface area contributed by atoms with Crippen molar-refractivity contribution in [3.8, 4) is 0 Å². The molecule has 38 heavy (non-hydrogen) atoms. The molecule has 2 fully saturated rings. The molecule has 11 heteroatoms. The fraction of sp³-hybridized carbons (Fsp3) is 0.333. The monoisotopic (exact) mass is 587 g/mol. The van der Waals surface area contributed by atoms with Crippen molar-refractivity contribution < 1.29 is 14.4 Å². The molecule has 7 nitrogen and oxygen atoms in total. The number of likely N-dealkylation sites (tertiary alicyclic amines) is 1. The molecular formula is C27H23Cl2N3O4S2. The fourth-order valence-electron chi connectivity index (χ4n) is 5.51. The maximum absolute atomic E-state index is 13.9. The summed E-state index contributed by atoms with van der Waals surface area (Å²) in [4.78, 5) is 57.4. The normalized spacial score (nSPS) is 22.9. The molecule has 4 heterocycles. The van der Waals surface area contributed by atoms with Crippen LogP contribution in [0.3, 0.4) is 0 Å². The van der Waals surface area contributed by atoms with Crippen LogP contribution < -0.4 is 9.77 Å². The third-order valence-corrected chi connectivity index (χ3v) is 10.5. The number of thiazole rings is 1. The Balaban J connectivity index is 1.43. The molecule has 3 atom stereocenters. The SMILES string of the molecule is O=C(Cn1c2c(sc1=O)[C@@H](c1ccc(Cl)cc1)[C@H]1C(=O)N(c3ccc(Cl)cc3)C(=O)[C@H]1S2)N1CCCCC1. The molecular weight excluding hydrogens is 565 g/mol. The molecule has 0 spiro atoms. The highest BCUT2D eigenvalue weighted by Gasteiger charge is 2.56. The Hall–Kier alpha value is -2.59. The maximum atomic E-state index is 13.9. The van der Waals surface area contributed by atoms with Gasteiger partial charge in [0, 0.05) is 33.9 Å². The highest BCUT2D eigenvalue weighted by Crippen LogP contribution is 2.54. The topological polar surface area (TPSA) is 79.7 Å². The van der Waals surface area contributed by atoms with Gasteiger partial charge in [-0.15, -0.1) is 0 Å². The van der Waals surface area contributed by atoms with Gasteiger partial charge in [-0.2, -0.15) is 0 Å². The summed E-state index contributed by atoms with van der Waals surface area (Å²) in [6.45, 7) is 1.30. The number of amides is 3. The van der Waals surface area contributed by atoms with Crippen molar-refractivity contribution in [2.45, 2.75) is 42.0 Å². The van der Waals surface area contributed by atoms with E-state index in [9.17, 15) is 19.2 Å². The highest BCUT2D eigenvalue weighted by molar-refractivity contribution is 8.00. The second-order valence-electron chi connectivity index (χ2n) is 9.65. The van der Waals surface area contributed by atoms with Gasteiger partial charge in [-0.05, 0) is 61.2 Å². The summed E-state index contributed by atoms with van der Waals surface area (Å²) in [5.74, 6) is -2.00. The van der Waals surface area contributed by atoms with E-state index in [0.717, 1.165) is 36.2 Å². The quantitative estimate of drug-likeness (QED) is 0.400. The minimum absolute atomic E-state index is 0.0779. The Morgan fingerprint density at radius 3 is 2.16 bits per heavy atom. The number of rotatable bonds is 4. The molecule has 3 amide bonds. The summed E-state index contributed by atoms with van der Waals surface area (Å²) in [6, 6.07) is 13.7. The van der Waals surface area contributed by atoms with Gasteiger partial charge in [-0.25, -0.2) is 4.90 Å². The molecule has 0 unspecified atom stereocenters. The average Bonchev–Trinajstić information content (AvgIpc) is 3.36. The van der Waals surface area contributed by atoms with Gasteiger partial charge in [0.05, 0.1) is 16.6 Å². The molecule has 0 aliphatic carbocycles. The van der Waals surface area contributed by atoms with Gasteiger partial charge < -0.3 is 4.90 Å². The number of piperidine rings is 1. The van der Waals surface area contributed by atoms with Crippen LogP contribution in [0, 0.1) is 5.92 Å². The first kappa shape index (κ1) is 25.7. The van der Waals surface area contributed by atoms with E-state index in [1.807, 2.05) is 12.1 Å². The predicted molar refractivity (Wildman–Crippen MR) is 149 cm³/mol. The van der Waals surface area contributed by atoms with Crippen LogP contribution in [-0.2, 0) is 20.9 Å².